The van der Waals surface area contributed by atoms with Crippen molar-refractivity contribution in [3.63, 3.8) is 0 Å². The molecule has 1 amide bonds. The van der Waals surface area contributed by atoms with Crippen molar-refractivity contribution >= 4 is 11.6 Å². The molecule has 2 aromatic carbocycles. The number of aryl methyl sites for hydroxylation is 1. The predicted molar refractivity (Wildman–Crippen MR) is 82.7 cm³/mol. The van der Waals surface area contributed by atoms with Gasteiger partial charge in [-0.15, -0.1) is 0 Å². The Kier molecular flexibility index (Phi) is 5.08. The number of amides is 1. The van der Waals surface area contributed by atoms with Crippen molar-refractivity contribution in [2.45, 2.75) is 13.5 Å². The van der Waals surface area contributed by atoms with E-state index in [1.54, 1.807) is 6.07 Å². The number of hydrogen-bond donors (Lipinski definition) is 2. The molecule has 0 saturated heterocycles. The van der Waals surface area contributed by atoms with Gasteiger partial charge in [0.1, 0.15) is 0 Å². The Hall–Kier alpha value is -2.64. The van der Waals surface area contributed by atoms with E-state index in [1.807, 2.05) is 49.4 Å². The first kappa shape index (κ1) is 14.8. The van der Waals surface area contributed by atoms with Gasteiger partial charge in [-0.05, 0) is 36.8 Å². The summed E-state index contributed by atoms with van der Waals surface area (Å²) in [5.41, 5.74) is 3.55. The number of benzene rings is 2. The quantitative estimate of drug-likeness (QED) is 0.884. The summed E-state index contributed by atoms with van der Waals surface area (Å²) in [6.07, 6.45) is 0. The third kappa shape index (κ3) is 4.75. The number of carbonyl (C=O) groups excluding carboxylic acids is 1. The number of hydrogen-bond acceptors (Lipinski definition) is 3. The summed E-state index contributed by atoms with van der Waals surface area (Å²) in [6.45, 7) is 2.78. The Morgan fingerprint density at radius 1 is 1.19 bits per heavy atom. The molecule has 0 fully saturated rings. The van der Waals surface area contributed by atoms with Gasteiger partial charge in [0.2, 0.25) is 5.91 Å². The van der Waals surface area contributed by atoms with Crippen LogP contribution < -0.4 is 10.6 Å². The molecule has 0 bridgehead atoms. The number of rotatable bonds is 5. The molecule has 21 heavy (non-hydrogen) atoms. The van der Waals surface area contributed by atoms with Gasteiger partial charge in [-0.25, -0.2) is 0 Å². The summed E-state index contributed by atoms with van der Waals surface area (Å²) in [5, 5.41) is 14.7. The van der Waals surface area contributed by atoms with Crippen LogP contribution in [0.15, 0.2) is 48.5 Å². The molecule has 4 heteroatoms. The lowest BCUT2D eigenvalue weighted by Gasteiger charge is -2.07. The number of nitrogens with zero attached hydrogens (tertiary/aromatic N) is 1. The average molecular weight is 279 g/mol. The van der Waals surface area contributed by atoms with E-state index in [1.165, 1.54) is 0 Å². The second kappa shape index (κ2) is 7.22. The van der Waals surface area contributed by atoms with E-state index in [9.17, 15) is 4.79 Å². The van der Waals surface area contributed by atoms with E-state index < -0.39 is 0 Å². The van der Waals surface area contributed by atoms with Gasteiger partial charge in [-0.2, -0.15) is 5.26 Å². The summed E-state index contributed by atoms with van der Waals surface area (Å²) in [5.74, 6) is -0.0877. The number of anilines is 1. The smallest absolute Gasteiger partial charge is 0.238 e. The van der Waals surface area contributed by atoms with Crippen LogP contribution in [0.3, 0.4) is 0 Å². The third-order valence-corrected chi connectivity index (χ3v) is 3.01. The monoisotopic (exact) mass is 279 g/mol. The zero-order chi connectivity index (χ0) is 15.1. The van der Waals surface area contributed by atoms with E-state index in [0.29, 0.717) is 12.1 Å². The molecular weight excluding hydrogens is 262 g/mol. The number of carbonyl (C=O) groups is 1. The average Bonchev–Trinajstić information content (AvgIpc) is 2.50. The summed E-state index contributed by atoms with van der Waals surface area (Å²) in [7, 11) is 0. The van der Waals surface area contributed by atoms with Crippen LogP contribution in [0.25, 0.3) is 0 Å². The Balaban J connectivity index is 1.79. The lowest BCUT2D eigenvalue weighted by Crippen LogP contribution is -2.27. The minimum atomic E-state index is -0.0877. The van der Waals surface area contributed by atoms with Crippen LogP contribution in [0.4, 0.5) is 5.69 Å². The second-order valence-electron chi connectivity index (χ2n) is 4.83. The first-order valence-corrected chi connectivity index (χ1v) is 6.73. The Morgan fingerprint density at radius 2 is 1.95 bits per heavy atom. The van der Waals surface area contributed by atoms with Crippen molar-refractivity contribution in [1.29, 1.82) is 5.26 Å². The van der Waals surface area contributed by atoms with Crippen LogP contribution >= 0.6 is 0 Å². The second-order valence-corrected chi connectivity index (χ2v) is 4.83. The van der Waals surface area contributed by atoms with Crippen molar-refractivity contribution in [3.8, 4) is 6.07 Å². The molecule has 0 aromatic heterocycles. The summed E-state index contributed by atoms with van der Waals surface area (Å²) < 4.78 is 0. The van der Waals surface area contributed by atoms with Gasteiger partial charge >= 0.3 is 0 Å². The van der Waals surface area contributed by atoms with Crippen molar-refractivity contribution in [2.75, 3.05) is 11.9 Å². The van der Waals surface area contributed by atoms with E-state index in [-0.39, 0.29) is 12.5 Å². The van der Waals surface area contributed by atoms with Crippen LogP contribution in [-0.4, -0.2) is 12.5 Å². The van der Waals surface area contributed by atoms with Crippen LogP contribution in [0, 0.1) is 18.3 Å². The topological polar surface area (TPSA) is 64.9 Å². The van der Waals surface area contributed by atoms with Crippen LogP contribution in [-0.2, 0) is 11.3 Å². The molecule has 0 radical (unpaired) electrons. The molecule has 0 saturated carbocycles. The highest BCUT2D eigenvalue weighted by Gasteiger charge is 2.02. The number of nitriles is 1. The maximum absolute atomic E-state index is 11.8. The van der Waals surface area contributed by atoms with Crippen LogP contribution in [0.2, 0.25) is 0 Å². The molecule has 0 spiro atoms. The lowest BCUT2D eigenvalue weighted by molar-refractivity contribution is -0.115. The summed E-state index contributed by atoms with van der Waals surface area (Å²) >= 11 is 0. The van der Waals surface area contributed by atoms with Crippen LogP contribution in [0.1, 0.15) is 16.7 Å². The summed E-state index contributed by atoms with van der Waals surface area (Å²) in [4.78, 5) is 11.8. The SMILES string of the molecule is Cc1ccc(NC(=O)CNCc2cccc(C#N)c2)cc1. The van der Waals surface area contributed by atoms with Crippen LogP contribution in [0.5, 0.6) is 0 Å². The van der Waals surface area contributed by atoms with E-state index >= 15 is 0 Å². The van der Waals surface area contributed by atoms with Gasteiger partial charge in [-0.1, -0.05) is 29.8 Å². The fourth-order valence-corrected chi connectivity index (χ4v) is 1.91. The summed E-state index contributed by atoms with van der Waals surface area (Å²) in [6, 6.07) is 17.1. The fourth-order valence-electron chi connectivity index (χ4n) is 1.91. The molecule has 0 unspecified atom stereocenters. The highest BCUT2D eigenvalue weighted by Crippen LogP contribution is 2.08. The predicted octanol–water partition coefficient (Wildman–Crippen LogP) is 2.60. The molecule has 0 aliphatic rings. The standard InChI is InChI=1S/C17H17N3O/c1-13-5-7-16(8-6-13)20-17(21)12-19-11-15-4-2-3-14(9-15)10-18/h2-9,19H,11-12H2,1H3,(H,20,21). The van der Waals surface area contributed by atoms with Gasteiger partial charge in [0.25, 0.3) is 0 Å². The fraction of sp³-hybridized carbons (Fsp3) is 0.176. The Labute approximate surface area is 124 Å². The maximum Gasteiger partial charge on any atom is 0.238 e. The first-order valence-electron chi connectivity index (χ1n) is 6.73. The normalized spacial score (nSPS) is 9.90. The lowest BCUT2D eigenvalue weighted by atomic mass is 10.1. The largest absolute Gasteiger partial charge is 0.325 e. The molecule has 4 nitrogen and oxygen atoms in total. The highest BCUT2D eigenvalue weighted by atomic mass is 16.1. The van der Waals surface area contributed by atoms with E-state index in [0.717, 1.165) is 16.8 Å². The molecule has 0 aliphatic heterocycles. The molecule has 2 N–H and O–H groups in total. The van der Waals surface area contributed by atoms with Crippen molar-refractivity contribution in [3.05, 3.63) is 65.2 Å². The molecule has 0 aliphatic carbocycles. The third-order valence-electron chi connectivity index (χ3n) is 3.01. The van der Waals surface area contributed by atoms with Gasteiger partial charge in [0.05, 0.1) is 18.2 Å². The molecule has 0 heterocycles. The molecular formula is C17H17N3O. The van der Waals surface area contributed by atoms with Crippen molar-refractivity contribution in [2.24, 2.45) is 0 Å². The minimum absolute atomic E-state index is 0.0877. The molecule has 0 atom stereocenters. The van der Waals surface area contributed by atoms with Gasteiger partial charge in [0.15, 0.2) is 0 Å². The maximum atomic E-state index is 11.8. The van der Waals surface area contributed by atoms with Gasteiger partial charge in [0, 0.05) is 12.2 Å². The van der Waals surface area contributed by atoms with Gasteiger partial charge in [-0.3, -0.25) is 4.79 Å². The minimum Gasteiger partial charge on any atom is -0.325 e. The zero-order valence-electron chi connectivity index (χ0n) is 11.9. The number of nitrogens with one attached hydrogen (secondary N) is 2. The van der Waals surface area contributed by atoms with Crippen molar-refractivity contribution in [1.82, 2.24) is 5.32 Å². The Bertz CT molecular complexity index is 656. The highest BCUT2D eigenvalue weighted by molar-refractivity contribution is 5.92. The zero-order valence-corrected chi connectivity index (χ0v) is 11.9. The molecule has 2 aromatic rings. The first-order chi connectivity index (χ1) is 10.2. The van der Waals surface area contributed by atoms with Crippen molar-refractivity contribution < 1.29 is 4.79 Å². The van der Waals surface area contributed by atoms with E-state index in [2.05, 4.69) is 16.7 Å². The molecule has 2 rings (SSSR count). The van der Waals surface area contributed by atoms with Gasteiger partial charge < -0.3 is 10.6 Å². The molecule has 106 valence electrons. The Morgan fingerprint density at radius 3 is 2.67 bits per heavy atom. The van der Waals surface area contributed by atoms with E-state index in [4.69, 9.17) is 5.26 Å².